The molecule has 0 fully saturated rings. The van der Waals surface area contributed by atoms with Crippen LogP contribution < -0.4 is 15.6 Å². The lowest BCUT2D eigenvalue weighted by Crippen LogP contribution is -2.40. The lowest BCUT2D eigenvalue weighted by atomic mass is 10.2. The predicted octanol–water partition coefficient (Wildman–Crippen LogP) is 3.62. The van der Waals surface area contributed by atoms with E-state index in [1.807, 2.05) is 0 Å². The normalized spacial score (nSPS) is 10.9. The molecule has 3 N–H and O–H groups in total. The zero-order valence-corrected chi connectivity index (χ0v) is 15.5. The molecule has 0 saturated carbocycles. The highest BCUT2D eigenvalue weighted by Crippen LogP contribution is 2.25. The highest BCUT2D eigenvalue weighted by atomic mass is 79.9. The fraction of sp³-hybridized carbons (Fsp3) is 0.0667. The number of amides is 2. The number of rotatable bonds is 5. The number of carbonyl (C=O) groups is 2. The first-order chi connectivity index (χ1) is 11.8. The summed E-state index contributed by atoms with van der Waals surface area (Å²) in [6, 6.07) is 5.92. The summed E-state index contributed by atoms with van der Waals surface area (Å²) in [4.78, 5) is 26.2. The monoisotopic (exact) mass is 477 g/mol. The van der Waals surface area contributed by atoms with Gasteiger partial charge in [0.15, 0.2) is 0 Å². The molecule has 0 aliphatic heterocycles. The van der Waals surface area contributed by atoms with Crippen LogP contribution in [0, 0.1) is 0 Å². The van der Waals surface area contributed by atoms with Crippen molar-refractivity contribution in [1.29, 1.82) is 0 Å². The molecule has 0 saturated heterocycles. The Morgan fingerprint density at radius 3 is 2.56 bits per heavy atom. The highest BCUT2D eigenvalue weighted by Gasteiger charge is 2.10. The number of hydrogen-bond donors (Lipinski definition) is 3. The zero-order valence-electron chi connectivity index (χ0n) is 12.4. The molecule has 1 aromatic carbocycles. The lowest BCUT2D eigenvalue weighted by Gasteiger charge is -2.08. The Morgan fingerprint density at radius 1 is 1.16 bits per heavy atom. The van der Waals surface area contributed by atoms with E-state index in [1.165, 1.54) is 30.3 Å². The topological polar surface area (TPSA) is 83.2 Å². The SMILES string of the molecule is O=C(/C=C/c1cc(Br)ccc1OC(F)F)NNC(=O)c1cc(Br)c[nH]1. The largest absolute Gasteiger partial charge is 0.434 e. The molecule has 0 radical (unpaired) electrons. The van der Waals surface area contributed by atoms with E-state index >= 15 is 0 Å². The number of hydrogen-bond acceptors (Lipinski definition) is 3. The van der Waals surface area contributed by atoms with Crippen molar-refractivity contribution in [1.82, 2.24) is 15.8 Å². The van der Waals surface area contributed by atoms with Crippen LogP contribution in [0.3, 0.4) is 0 Å². The Bertz CT molecular complexity index is 809. The molecule has 0 aliphatic rings. The summed E-state index contributed by atoms with van der Waals surface area (Å²) < 4.78 is 30.4. The number of ether oxygens (including phenoxy) is 1. The minimum absolute atomic E-state index is 0.0810. The van der Waals surface area contributed by atoms with Crippen LogP contribution in [0.5, 0.6) is 5.75 Å². The molecule has 0 bridgehead atoms. The van der Waals surface area contributed by atoms with Gasteiger partial charge < -0.3 is 9.72 Å². The van der Waals surface area contributed by atoms with E-state index in [-0.39, 0.29) is 17.0 Å². The first-order valence-corrected chi connectivity index (χ1v) is 8.30. The Hall–Kier alpha value is -2.20. The van der Waals surface area contributed by atoms with Crippen molar-refractivity contribution in [3.8, 4) is 5.75 Å². The maximum atomic E-state index is 12.4. The van der Waals surface area contributed by atoms with Gasteiger partial charge in [0.1, 0.15) is 11.4 Å². The van der Waals surface area contributed by atoms with Crippen molar-refractivity contribution in [2.45, 2.75) is 6.61 Å². The van der Waals surface area contributed by atoms with E-state index in [9.17, 15) is 18.4 Å². The number of benzene rings is 1. The van der Waals surface area contributed by atoms with E-state index < -0.39 is 18.4 Å². The molecule has 0 spiro atoms. The summed E-state index contributed by atoms with van der Waals surface area (Å²) >= 11 is 6.39. The molecule has 25 heavy (non-hydrogen) atoms. The van der Waals surface area contributed by atoms with E-state index in [0.29, 0.717) is 8.95 Å². The smallest absolute Gasteiger partial charge is 0.387 e. The number of hydrazine groups is 1. The summed E-state index contributed by atoms with van der Waals surface area (Å²) in [5.41, 5.74) is 4.89. The van der Waals surface area contributed by atoms with Gasteiger partial charge in [-0.05, 0) is 46.3 Å². The summed E-state index contributed by atoms with van der Waals surface area (Å²) in [6.07, 6.45) is 3.93. The predicted molar refractivity (Wildman–Crippen MR) is 93.9 cm³/mol. The molecule has 2 rings (SSSR count). The van der Waals surface area contributed by atoms with Crippen LogP contribution in [0.25, 0.3) is 6.08 Å². The second kappa shape index (κ2) is 8.77. The van der Waals surface area contributed by atoms with Crippen LogP contribution in [0.2, 0.25) is 0 Å². The van der Waals surface area contributed by atoms with Gasteiger partial charge in [-0.25, -0.2) is 0 Å². The number of nitrogens with one attached hydrogen (secondary N) is 3. The lowest BCUT2D eigenvalue weighted by molar-refractivity contribution is -0.117. The minimum Gasteiger partial charge on any atom is -0.434 e. The van der Waals surface area contributed by atoms with Gasteiger partial charge >= 0.3 is 6.61 Å². The number of carbonyl (C=O) groups excluding carboxylic acids is 2. The maximum Gasteiger partial charge on any atom is 0.387 e. The number of halogens is 4. The summed E-state index contributed by atoms with van der Waals surface area (Å²) in [5, 5.41) is 0. The minimum atomic E-state index is -2.98. The molecule has 0 unspecified atom stereocenters. The highest BCUT2D eigenvalue weighted by molar-refractivity contribution is 9.10. The Balaban J connectivity index is 1.98. The van der Waals surface area contributed by atoms with Crippen molar-refractivity contribution in [3.63, 3.8) is 0 Å². The Kier molecular flexibility index (Phi) is 6.71. The number of aromatic amines is 1. The third-order valence-electron chi connectivity index (χ3n) is 2.79. The molecular formula is C15H11Br2F2N3O3. The molecule has 0 aliphatic carbocycles. The average Bonchev–Trinajstić information content (AvgIpc) is 2.99. The van der Waals surface area contributed by atoms with E-state index in [4.69, 9.17) is 0 Å². The number of alkyl halides is 2. The van der Waals surface area contributed by atoms with Crippen LogP contribution >= 0.6 is 31.9 Å². The van der Waals surface area contributed by atoms with Crippen molar-refractivity contribution >= 4 is 49.8 Å². The van der Waals surface area contributed by atoms with Gasteiger partial charge in [0.2, 0.25) is 0 Å². The first-order valence-electron chi connectivity index (χ1n) is 6.72. The van der Waals surface area contributed by atoms with Gasteiger partial charge in [0.25, 0.3) is 11.8 Å². The fourth-order valence-corrected chi connectivity index (χ4v) is 2.47. The number of H-pyrrole nitrogens is 1. The fourth-order valence-electron chi connectivity index (χ4n) is 1.74. The quantitative estimate of drug-likeness (QED) is 0.453. The average molecular weight is 479 g/mol. The van der Waals surface area contributed by atoms with E-state index in [2.05, 4.69) is 52.4 Å². The third-order valence-corrected chi connectivity index (χ3v) is 3.74. The van der Waals surface area contributed by atoms with Crippen LogP contribution in [-0.4, -0.2) is 23.4 Å². The van der Waals surface area contributed by atoms with Gasteiger partial charge in [-0.2, -0.15) is 8.78 Å². The van der Waals surface area contributed by atoms with Crippen molar-refractivity contribution < 1.29 is 23.1 Å². The molecule has 2 amide bonds. The van der Waals surface area contributed by atoms with Crippen molar-refractivity contribution in [2.75, 3.05) is 0 Å². The standard InChI is InChI=1S/C15H11Br2F2N3O3/c16-9-2-3-12(25-15(18)19)8(5-9)1-4-13(23)21-22-14(24)11-6-10(17)7-20-11/h1-7,15,20H,(H,21,23)(H,22,24)/b4-1+. The second-order valence-corrected chi connectivity index (χ2v) is 6.40. The molecule has 1 aromatic heterocycles. The molecule has 0 atom stereocenters. The van der Waals surface area contributed by atoms with Crippen molar-refractivity contribution in [2.24, 2.45) is 0 Å². The summed E-state index contributed by atoms with van der Waals surface area (Å²) in [7, 11) is 0. The Labute approximate surface area is 157 Å². The molecule has 1 heterocycles. The van der Waals surface area contributed by atoms with Crippen LogP contribution in [0.1, 0.15) is 16.1 Å². The summed E-state index contributed by atoms with van der Waals surface area (Å²) in [5.74, 6) is -1.28. The summed E-state index contributed by atoms with van der Waals surface area (Å²) in [6.45, 7) is -2.98. The van der Waals surface area contributed by atoms with Gasteiger partial charge in [-0.15, -0.1) is 0 Å². The van der Waals surface area contributed by atoms with E-state index in [0.717, 1.165) is 6.08 Å². The van der Waals surface area contributed by atoms with Crippen LogP contribution in [0.4, 0.5) is 8.78 Å². The zero-order chi connectivity index (χ0) is 18.4. The van der Waals surface area contributed by atoms with Crippen molar-refractivity contribution in [3.05, 3.63) is 56.7 Å². The molecule has 10 heteroatoms. The molecule has 132 valence electrons. The molecular weight excluding hydrogens is 468 g/mol. The van der Waals surface area contributed by atoms with Gasteiger partial charge in [-0.1, -0.05) is 15.9 Å². The first kappa shape index (κ1) is 19.1. The Morgan fingerprint density at radius 2 is 1.92 bits per heavy atom. The third kappa shape index (κ3) is 5.98. The molecule has 2 aromatic rings. The van der Waals surface area contributed by atoms with Gasteiger partial charge in [-0.3, -0.25) is 20.4 Å². The van der Waals surface area contributed by atoms with E-state index in [1.54, 1.807) is 6.20 Å². The van der Waals surface area contributed by atoms with Crippen LogP contribution in [-0.2, 0) is 4.79 Å². The molecule has 6 nitrogen and oxygen atoms in total. The number of aromatic nitrogens is 1. The van der Waals surface area contributed by atoms with Gasteiger partial charge in [0.05, 0.1) is 0 Å². The van der Waals surface area contributed by atoms with Gasteiger partial charge in [0, 0.05) is 26.8 Å². The second-order valence-electron chi connectivity index (χ2n) is 4.57. The maximum absolute atomic E-state index is 12.4. The van der Waals surface area contributed by atoms with Crippen LogP contribution in [0.15, 0.2) is 45.5 Å².